The van der Waals surface area contributed by atoms with Gasteiger partial charge in [0.2, 0.25) is 5.91 Å². The highest BCUT2D eigenvalue weighted by atomic mass is 16.2. The summed E-state index contributed by atoms with van der Waals surface area (Å²) in [6, 6.07) is 5.83. The summed E-state index contributed by atoms with van der Waals surface area (Å²) < 4.78 is 0. The Bertz CT molecular complexity index is 962. The van der Waals surface area contributed by atoms with Crippen LogP contribution in [-0.2, 0) is 4.79 Å². The van der Waals surface area contributed by atoms with Gasteiger partial charge in [-0.25, -0.2) is 9.97 Å². The number of hydrogen-bond acceptors (Lipinski definition) is 5. The van der Waals surface area contributed by atoms with Crippen LogP contribution in [0.2, 0.25) is 0 Å². The zero-order valence-corrected chi connectivity index (χ0v) is 17.4. The van der Waals surface area contributed by atoms with Crippen LogP contribution in [-0.4, -0.2) is 59.4 Å². The minimum Gasteiger partial charge on any atom is -0.353 e. The van der Waals surface area contributed by atoms with E-state index in [4.69, 9.17) is 4.98 Å². The van der Waals surface area contributed by atoms with Crippen LogP contribution >= 0.6 is 0 Å². The lowest BCUT2D eigenvalue weighted by molar-refractivity contribution is -0.117. The molecule has 0 bridgehead atoms. The molecule has 7 nitrogen and oxygen atoms in total. The summed E-state index contributed by atoms with van der Waals surface area (Å²) in [5.74, 6) is 1.82. The number of rotatable bonds is 4. The van der Waals surface area contributed by atoms with E-state index in [1.54, 1.807) is 17.2 Å². The van der Waals surface area contributed by atoms with Gasteiger partial charge in [-0.3, -0.25) is 9.59 Å². The second-order valence-corrected chi connectivity index (χ2v) is 8.51. The SMILES string of the molecule is Cc1cc(C2CC2)cnc1N1CCN(C(=O)c2ccc(N3CCCC3=O)cn2)CC1. The van der Waals surface area contributed by atoms with E-state index in [9.17, 15) is 9.59 Å². The van der Waals surface area contributed by atoms with Crippen LogP contribution in [0.15, 0.2) is 30.6 Å². The second-order valence-electron chi connectivity index (χ2n) is 8.51. The molecule has 1 aliphatic carbocycles. The number of carbonyl (C=O) groups excluding carboxylic acids is 2. The summed E-state index contributed by atoms with van der Waals surface area (Å²) in [6.07, 6.45) is 7.69. The normalized spacial score (nSPS) is 19.5. The molecule has 0 spiro atoms. The molecule has 2 aromatic rings. The van der Waals surface area contributed by atoms with Crippen LogP contribution < -0.4 is 9.80 Å². The molecule has 1 saturated carbocycles. The molecular formula is C23H27N5O2. The second kappa shape index (κ2) is 7.70. The quantitative estimate of drug-likeness (QED) is 0.782. The molecule has 30 heavy (non-hydrogen) atoms. The van der Waals surface area contributed by atoms with Gasteiger partial charge in [0.05, 0.1) is 11.9 Å². The molecule has 2 aliphatic heterocycles. The third-order valence-corrected chi connectivity index (χ3v) is 6.34. The molecular weight excluding hydrogens is 378 g/mol. The third-order valence-electron chi connectivity index (χ3n) is 6.34. The monoisotopic (exact) mass is 405 g/mol. The highest BCUT2D eigenvalue weighted by Crippen LogP contribution is 2.40. The van der Waals surface area contributed by atoms with Gasteiger partial charge >= 0.3 is 0 Å². The summed E-state index contributed by atoms with van der Waals surface area (Å²) in [6.45, 7) is 5.69. The summed E-state index contributed by atoms with van der Waals surface area (Å²) in [7, 11) is 0. The van der Waals surface area contributed by atoms with E-state index in [1.165, 1.54) is 24.0 Å². The number of piperazine rings is 1. The van der Waals surface area contributed by atoms with Crippen molar-refractivity contribution in [1.82, 2.24) is 14.9 Å². The molecule has 3 fully saturated rings. The van der Waals surface area contributed by atoms with Crippen molar-refractivity contribution in [2.75, 3.05) is 42.5 Å². The van der Waals surface area contributed by atoms with Crippen LogP contribution in [0.3, 0.4) is 0 Å². The van der Waals surface area contributed by atoms with Crippen LogP contribution in [0, 0.1) is 6.92 Å². The highest BCUT2D eigenvalue weighted by Gasteiger charge is 2.27. The molecule has 0 atom stereocenters. The van der Waals surface area contributed by atoms with Crippen LogP contribution in [0.4, 0.5) is 11.5 Å². The van der Waals surface area contributed by atoms with Gasteiger partial charge in [0.1, 0.15) is 11.5 Å². The summed E-state index contributed by atoms with van der Waals surface area (Å²) in [4.78, 5) is 39.7. The molecule has 5 rings (SSSR count). The first-order valence-electron chi connectivity index (χ1n) is 10.9. The molecule has 156 valence electrons. The topological polar surface area (TPSA) is 69.6 Å². The molecule has 0 aromatic carbocycles. The van der Waals surface area contributed by atoms with Gasteiger partial charge in [-0.05, 0) is 55.4 Å². The van der Waals surface area contributed by atoms with Crippen molar-refractivity contribution in [2.24, 2.45) is 0 Å². The first-order chi connectivity index (χ1) is 14.6. The Morgan fingerprint density at radius 2 is 1.83 bits per heavy atom. The van der Waals surface area contributed by atoms with E-state index >= 15 is 0 Å². The molecule has 0 unspecified atom stereocenters. The van der Waals surface area contributed by atoms with Gasteiger partial charge < -0.3 is 14.7 Å². The van der Waals surface area contributed by atoms with Crippen molar-refractivity contribution in [1.29, 1.82) is 0 Å². The number of hydrogen-bond donors (Lipinski definition) is 0. The Hall–Kier alpha value is -2.96. The lowest BCUT2D eigenvalue weighted by Gasteiger charge is -2.36. The van der Waals surface area contributed by atoms with Crippen molar-refractivity contribution in [3.05, 3.63) is 47.4 Å². The van der Waals surface area contributed by atoms with E-state index in [1.807, 2.05) is 17.2 Å². The van der Waals surface area contributed by atoms with E-state index in [0.717, 1.165) is 37.6 Å². The number of aryl methyl sites for hydroxylation is 1. The number of anilines is 2. The van der Waals surface area contributed by atoms with Crippen LogP contribution in [0.25, 0.3) is 0 Å². The number of carbonyl (C=O) groups is 2. The molecule has 7 heteroatoms. The maximum atomic E-state index is 12.9. The number of pyridine rings is 2. The predicted molar refractivity (Wildman–Crippen MR) is 115 cm³/mol. The average Bonchev–Trinajstić information content (AvgIpc) is 3.54. The molecule has 2 saturated heterocycles. The maximum Gasteiger partial charge on any atom is 0.272 e. The minimum atomic E-state index is -0.0530. The molecule has 4 heterocycles. The van der Waals surface area contributed by atoms with Crippen molar-refractivity contribution >= 4 is 23.3 Å². The van der Waals surface area contributed by atoms with Gasteiger partial charge in [-0.1, -0.05) is 6.07 Å². The predicted octanol–water partition coefficient (Wildman–Crippen LogP) is 2.75. The van der Waals surface area contributed by atoms with E-state index in [2.05, 4.69) is 22.9 Å². The number of nitrogens with zero attached hydrogens (tertiary/aromatic N) is 5. The lowest BCUT2D eigenvalue weighted by Crippen LogP contribution is -2.49. The zero-order chi connectivity index (χ0) is 20.7. The fourth-order valence-electron chi connectivity index (χ4n) is 4.44. The van der Waals surface area contributed by atoms with E-state index < -0.39 is 0 Å². The number of aromatic nitrogens is 2. The molecule has 3 aliphatic rings. The van der Waals surface area contributed by atoms with Crippen molar-refractivity contribution in [2.45, 2.75) is 38.5 Å². The minimum absolute atomic E-state index is 0.0530. The standard InChI is InChI=1S/C23H27N5O2/c1-16-13-18(17-4-5-17)14-25-22(16)26-9-11-27(12-10-26)23(30)20-7-6-19(15-24-20)28-8-2-3-21(28)29/h6-7,13-15,17H,2-5,8-12H2,1H3. The van der Waals surface area contributed by atoms with Gasteiger partial charge in [0.15, 0.2) is 0 Å². The summed E-state index contributed by atoms with van der Waals surface area (Å²) in [5.41, 5.74) is 3.78. The Kier molecular flexibility index (Phi) is 4.89. The molecule has 0 radical (unpaired) electrons. The van der Waals surface area contributed by atoms with Gasteiger partial charge in [0.25, 0.3) is 5.91 Å². The molecule has 0 N–H and O–H groups in total. The van der Waals surface area contributed by atoms with Crippen molar-refractivity contribution in [3.63, 3.8) is 0 Å². The molecule has 2 amide bonds. The first-order valence-corrected chi connectivity index (χ1v) is 10.9. The van der Waals surface area contributed by atoms with Gasteiger partial charge in [0, 0.05) is 45.3 Å². The Labute approximate surface area is 176 Å². The fourth-order valence-corrected chi connectivity index (χ4v) is 4.44. The van der Waals surface area contributed by atoms with Crippen LogP contribution in [0.1, 0.15) is 53.2 Å². The number of amides is 2. The first kappa shape index (κ1) is 19.0. The maximum absolute atomic E-state index is 12.9. The Morgan fingerprint density at radius 1 is 1.03 bits per heavy atom. The third kappa shape index (κ3) is 3.64. The van der Waals surface area contributed by atoms with Crippen molar-refractivity contribution in [3.8, 4) is 0 Å². The Morgan fingerprint density at radius 3 is 2.43 bits per heavy atom. The van der Waals surface area contributed by atoms with E-state index in [0.29, 0.717) is 31.1 Å². The van der Waals surface area contributed by atoms with Gasteiger partial charge in [-0.2, -0.15) is 0 Å². The van der Waals surface area contributed by atoms with Gasteiger partial charge in [-0.15, -0.1) is 0 Å². The molecule has 2 aromatic heterocycles. The smallest absolute Gasteiger partial charge is 0.272 e. The van der Waals surface area contributed by atoms with Crippen molar-refractivity contribution < 1.29 is 9.59 Å². The summed E-state index contributed by atoms with van der Waals surface area (Å²) >= 11 is 0. The summed E-state index contributed by atoms with van der Waals surface area (Å²) in [5, 5.41) is 0. The average molecular weight is 406 g/mol. The fraction of sp³-hybridized carbons (Fsp3) is 0.478. The lowest BCUT2D eigenvalue weighted by atomic mass is 10.1. The highest BCUT2D eigenvalue weighted by molar-refractivity contribution is 5.96. The Balaban J connectivity index is 1.21. The zero-order valence-electron chi connectivity index (χ0n) is 17.4. The van der Waals surface area contributed by atoms with Crippen LogP contribution in [0.5, 0.6) is 0 Å². The van der Waals surface area contributed by atoms with E-state index in [-0.39, 0.29) is 11.8 Å². The largest absolute Gasteiger partial charge is 0.353 e.